The van der Waals surface area contributed by atoms with Crippen molar-refractivity contribution < 1.29 is 18.7 Å². The second-order valence-electron chi connectivity index (χ2n) is 6.14. The van der Waals surface area contributed by atoms with Gasteiger partial charge in [-0.3, -0.25) is 14.6 Å². The molecular weight excluding hydrogens is 375 g/mol. The molecule has 2 aromatic carbocycles. The summed E-state index contributed by atoms with van der Waals surface area (Å²) in [5.74, 6) is -0.696. The Morgan fingerprint density at radius 3 is 2.56 bits per heavy atom. The molecule has 2 aliphatic heterocycles. The van der Waals surface area contributed by atoms with Crippen molar-refractivity contribution in [3.8, 4) is 5.75 Å². The first kappa shape index (κ1) is 17.4. The number of ether oxygens (including phenoxy) is 1. The Labute approximate surface area is 159 Å². The number of halogens is 2. The molecule has 2 aliphatic rings. The molecule has 1 fully saturated rings. The molecule has 7 nitrogen and oxygen atoms in total. The molecule has 0 unspecified atom stereocenters. The maximum absolute atomic E-state index is 13.2. The minimum Gasteiger partial charge on any atom is -0.497 e. The topological polar surface area (TPSA) is 74.6 Å². The zero-order valence-electron chi connectivity index (χ0n) is 14.2. The molecule has 4 rings (SSSR count). The van der Waals surface area contributed by atoms with Gasteiger partial charge in [0.15, 0.2) is 12.1 Å². The molecule has 2 atom stereocenters. The number of amides is 2. The summed E-state index contributed by atoms with van der Waals surface area (Å²) in [5, 5.41) is 9.54. The second-order valence-corrected chi connectivity index (χ2v) is 6.55. The first-order valence-electron chi connectivity index (χ1n) is 8.13. The molecule has 0 aliphatic carbocycles. The molecule has 2 heterocycles. The van der Waals surface area contributed by atoms with Gasteiger partial charge in [0.25, 0.3) is 11.8 Å². The third-order valence-electron chi connectivity index (χ3n) is 4.54. The van der Waals surface area contributed by atoms with E-state index >= 15 is 0 Å². The Kier molecular flexibility index (Phi) is 4.27. The third-order valence-corrected chi connectivity index (χ3v) is 4.89. The fourth-order valence-corrected chi connectivity index (χ4v) is 3.39. The summed E-state index contributed by atoms with van der Waals surface area (Å²) in [6, 6.07) is 8.83. The molecule has 2 amide bonds. The summed E-state index contributed by atoms with van der Waals surface area (Å²) in [6.07, 6.45) is 0. The highest BCUT2D eigenvalue weighted by molar-refractivity contribution is 6.31. The number of methoxy groups -OCH3 is 1. The van der Waals surface area contributed by atoms with E-state index in [2.05, 4.69) is 10.3 Å². The average molecular weight is 389 g/mol. The standard InChI is InChI=1S/C18H14ClFN4O3/c1-27-13-6-4-12(5-7-13)24-17(25)15-16(18(24)26)23(22-21-15)9-10-2-3-11(20)8-14(10)19/h2-8,15-16H,9H2,1H3/t15-,16-/m0/s1. The normalized spacial score (nSPS) is 21.1. The van der Waals surface area contributed by atoms with E-state index in [-0.39, 0.29) is 11.6 Å². The van der Waals surface area contributed by atoms with E-state index in [1.807, 2.05) is 0 Å². The molecule has 2 aromatic rings. The van der Waals surface area contributed by atoms with Gasteiger partial charge in [-0.25, -0.2) is 9.29 Å². The molecular formula is C18H14ClFN4O3. The zero-order chi connectivity index (χ0) is 19.1. The summed E-state index contributed by atoms with van der Waals surface area (Å²) >= 11 is 6.06. The van der Waals surface area contributed by atoms with Crippen LogP contribution in [0.2, 0.25) is 5.02 Å². The molecule has 27 heavy (non-hydrogen) atoms. The first-order valence-corrected chi connectivity index (χ1v) is 8.50. The summed E-state index contributed by atoms with van der Waals surface area (Å²) in [4.78, 5) is 26.7. The van der Waals surface area contributed by atoms with E-state index in [9.17, 15) is 14.0 Å². The number of benzene rings is 2. The van der Waals surface area contributed by atoms with Gasteiger partial charge in [0.1, 0.15) is 11.6 Å². The van der Waals surface area contributed by atoms with E-state index in [1.54, 1.807) is 24.3 Å². The second kappa shape index (κ2) is 6.62. The predicted octanol–water partition coefficient (Wildman–Crippen LogP) is 2.98. The van der Waals surface area contributed by atoms with Crippen LogP contribution in [0.1, 0.15) is 5.56 Å². The van der Waals surface area contributed by atoms with Crippen molar-refractivity contribution in [3.63, 3.8) is 0 Å². The Hall–Kier alpha value is -3.00. The molecule has 9 heteroatoms. The van der Waals surface area contributed by atoms with E-state index < -0.39 is 29.7 Å². The van der Waals surface area contributed by atoms with Gasteiger partial charge in [-0.15, -0.1) is 0 Å². The van der Waals surface area contributed by atoms with E-state index in [4.69, 9.17) is 16.3 Å². The van der Waals surface area contributed by atoms with Crippen LogP contribution < -0.4 is 9.64 Å². The lowest BCUT2D eigenvalue weighted by Gasteiger charge is -2.21. The first-order chi connectivity index (χ1) is 13.0. The monoisotopic (exact) mass is 388 g/mol. The number of rotatable bonds is 4. The number of nitrogens with zero attached hydrogens (tertiary/aromatic N) is 4. The number of hydrogen-bond acceptors (Lipinski definition) is 6. The van der Waals surface area contributed by atoms with Gasteiger partial charge in [0, 0.05) is 5.02 Å². The van der Waals surface area contributed by atoms with Gasteiger partial charge in [-0.1, -0.05) is 22.9 Å². The highest BCUT2D eigenvalue weighted by Crippen LogP contribution is 2.34. The van der Waals surface area contributed by atoms with Crippen LogP contribution in [0.15, 0.2) is 52.8 Å². The molecule has 138 valence electrons. The summed E-state index contributed by atoms with van der Waals surface area (Å²) in [6.45, 7) is 0.138. The van der Waals surface area contributed by atoms with Crippen molar-refractivity contribution in [1.29, 1.82) is 0 Å². The SMILES string of the molecule is COc1ccc(N2C(=O)[C@H]3N=NN(Cc4ccc(F)cc4Cl)[C@@H]3C2=O)cc1. The Bertz CT molecular complexity index is 950. The van der Waals surface area contributed by atoms with Gasteiger partial charge in [-0.05, 0) is 42.0 Å². The Morgan fingerprint density at radius 1 is 1.15 bits per heavy atom. The van der Waals surface area contributed by atoms with Crippen LogP contribution in [0, 0.1) is 5.82 Å². The number of carbonyl (C=O) groups is 2. The van der Waals surface area contributed by atoms with Gasteiger partial charge in [0.05, 0.1) is 19.3 Å². The maximum Gasteiger partial charge on any atom is 0.263 e. The van der Waals surface area contributed by atoms with Crippen LogP contribution in [0.5, 0.6) is 5.75 Å². The van der Waals surface area contributed by atoms with Gasteiger partial charge in [-0.2, -0.15) is 5.11 Å². The fourth-order valence-electron chi connectivity index (χ4n) is 3.16. The molecule has 0 saturated carbocycles. The van der Waals surface area contributed by atoms with Gasteiger partial charge >= 0.3 is 0 Å². The van der Waals surface area contributed by atoms with E-state index in [0.717, 1.165) is 4.90 Å². The van der Waals surface area contributed by atoms with Crippen molar-refractivity contribution in [2.45, 2.75) is 18.6 Å². The van der Waals surface area contributed by atoms with Crippen LogP contribution in [0.25, 0.3) is 0 Å². The van der Waals surface area contributed by atoms with Crippen molar-refractivity contribution in [2.24, 2.45) is 10.3 Å². The van der Waals surface area contributed by atoms with Crippen molar-refractivity contribution in [3.05, 3.63) is 58.9 Å². The average Bonchev–Trinajstić information content (AvgIpc) is 3.18. The number of carbonyl (C=O) groups excluding carboxylic acids is 2. The van der Waals surface area contributed by atoms with E-state index in [1.165, 1.54) is 30.3 Å². The maximum atomic E-state index is 13.2. The molecule has 1 saturated heterocycles. The minimum atomic E-state index is -0.904. The molecule has 0 spiro atoms. The number of anilines is 1. The predicted molar refractivity (Wildman–Crippen MR) is 94.9 cm³/mol. The van der Waals surface area contributed by atoms with Crippen LogP contribution in [0.4, 0.5) is 10.1 Å². The lowest BCUT2D eigenvalue weighted by molar-refractivity contribution is -0.123. The van der Waals surface area contributed by atoms with Crippen LogP contribution >= 0.6 is 11.6 Å². The Morgan fingerprint density at radius 2 is 1.89 bits per heavy atom. The molecule has 0 aromatic heterocycles. The van der Waals surface area contributed by atoms with Crippen LogP contribution in [0.3, 0.4) is 0 Å². The summed E-state index contributed by atoms with van der Waals surface area (Å²) in [5.41, 5.74) is 1.02. The number of fused-ring (bicyclic) bond motifs is 1. The largest absolute Gasteiger partial charge is 0.497 e. The zero-order valence-corrected chi connectivity index (χ0v) is 14.9. The van der Waals surface area contributed by atoms with Crippen molar-refractivity contribution in [2.75, 3.05) is 12.0 Å². The Balaban J connectivity index is 1.59. The van der Waals surface area contributed by atoms with Crippen LogP contribution in [-0.2, 0) is 16.1 Å². The lowest BCUT2D eigenvalue weighted by Crippen LogP contribution is -2.39. The van der Waals surface area contributed by atoms with Gasteiger partial charge in [0.2, 0.25) is 0 Å². The van der Waals surface area contributed by atoms with Crippen molar-refractivity contribution >= 4 is 29.1 Å². The third kappa shape index (κ3) is 2.91. The smallest absolute Gasteiger partial charge is 0.263 e. The molecule has 0 N–H and O–H groups in total. The highest BCUT2D eigenvalue weighted by Gasteiger charge is 2.54. The van der Waals surface area contributed by atoms with Crippen molar-refractivity contribution in [1.82, 2.24) is 5.01 Å². The fraction of sp³-hybridized carbons (Fsp3) is 0.222. The summed E-state index contributed by atoms with van der Waals surface area (Å²) in [7, 11) is 1.53. The molecule has 0 bridgehead atoms. The van der Waals surface area contributed by atoms with Gasteiger partial charge < -0.3 is 4.74 Å². The minimum absolute atomic E-state index is 0.138. The molecule has 0 radical (unpaired) electrons. The van der Waals surface area contributed by atoms with Crippen LogP contribution in [-0.4, -0.2) is 36.0 Å². The lowest BCUT2D eigenvalue weighted by atomic mass is 10.1. The number of hydrogen-bond donors (Lipinski definition) is 0. The number of imide groups is 1. The highest BCUT2D eigenvalue weighted by atomic mass is 35.5. The summed E-state index contributed by atoms with van der Waals surface area (Å²) < 4.78 is 18.3. The quantitative estimate of drug-likeness (QED) is 0.755. The van der Waals surface area contributed by atoms with E-state index in [0.29, 0.717) is 17.0 Å².